The van der Waals surface area contributed by atoms with E-state index < -0.39 is 37.3 Å². The Hall–Kier alpha value is -0.260. The minimum absolute atomic E-state index is 0.0308. The maximum Gasteiger partial charge on any atom is 0.269 e. The fraction of sp³-hybridized carbons (Fsp3) is 1.00. The van der Waals surface area contributed by atoms with E-state index in [0.717, 1.165) is 45.3 Å². The van der Waals surface area contributed by atoms with Crippen LogP contribution < -0.4 is 0 Å². The smallest absolute Gasteiger partial charge is 0.269 e. The van der Waals surface area contributed by atoms with Crippen LogP contribution in [0.1, 0.15) is 72.6 Å². The minimum atomic E-state index is -4.37. The molecular weight excluding hydrogens is 416 g/mol. The molecule has 0 spiro atoms. The van der Waals surface area contributed by atoms with Crippen LogP contribution in [0.2, 0.25) is 0 Å². The van der Waals surface area contributed by atoms with Gasteiger partial charge in [0, 0.05) is 6.04 Å². The lowest BCUT2D eigenvalue weighted by atomic mass is 10.0. The molecule has 0 radical (unpaired) electrons. The van der Waals surface area contributed by atoms with Crippen molar-refractivity contribution < 1.29 is 25.9 Å². The van der Waals surface area contributed by atoms with E-state index in [1.165, 1.54) is 0 Å². The maximum atomic E-state index is 12.2. The molecule has 0 aromatic heterocycles. The van der Waals surface area contributed by atoms with E-state index in [9.17, 15) is 25.9 Å². The Bertz CT molecular complexity index is 613. The summed E-state index contributed by atoms with van der Waals surface area (Å²) in [4.78, 5) is 4.23. The summed E-state index contributed by atoms with van der Waals surface area (Å²) in [5.74, 6) is -0.522. The molecule has 2 atom stereocenters. The SMILES string of the molecule is CCCN(CCC)CCCC(C(CCS(=O)(=O)O)N(CCC)CCC)S(=O)(=O)O. The molecule has 2 unspecified atom stereocenters. The highest BCUT2D eigenvalue weighted by Gasteiger charge is 2.36. The Balaban J connectivity index is 5.52. The number of nitrogens with zero attached hydrogens (tertiary/aromatic N) is 2. The topological polar surface area (TPSA) is 115 Å². The van der Waals surface area contributed by atoms with Gasteiger partial charge in [-0.2, -0.15) is 16.8 Å². The van der Waals surface area contributed by atoms with Gasteiger partial charge in [-0.15, -0.1) is 0 Å². The first kappa shape index (κ1) is 28.7. The minimum Gasteiger partial charge on any atom is -0.303 e. The van der Waals surface area contributed by atoms with E-state index in [4.69, 9.17) is 0 Å². The molecule has 0 amide bonds. The zero-order valence-electron chi connectivity index (χ0n) is 18.6. The lowest BCUT2D eigenvalue weighted by Crippen LogP contribution is -2.48. The molecule has 0 saturated heterocycles. The summed E-state index contributed by atoms with van der Waals surface area (Å²) >= 11 is 0. The molecule has 29 heavy (non-hydrogen) atoms. The van der Waals surface area contributed by atoms with Gasteiger partial charge in [0.15, 0.2) is 0 Å². The molecule has 0 heterocycles. The van der Waals surface area contributed by atoms with Crippen molar-refractivity contribution >= 4 is 20.2 Å². The Morgan fingerprint density at radius 3 is 1.59 bits per heavy atom. The molecule has 10 heteroatoms. The van der Waals surface area contributed by atoms with Crippen LogP contribution in [0.15, 0.2) is 0 Å². The van der Waals surface area contributed by atoms with Gasteiger partial charge in [0.05, 0.1) is 5.75 Å². The summed E-state index contributed by atoms with van der Waals surface area (Å²) in [6.45, 7) is 12.0. The van der Waals surface area contributed by atoms with Crippen molar-refractivity contribution in [2.45, 2.75) is 83.9 Å². The number of hydrogen-bond acceptors (Lipinski definition) is 6. The molecule has 8 nitrogen and oxygen atoms in total. The van der Waals surface area contributed by atoms with E-state index in [1.807, 2.05) is 18.7 Å². The predicted octanol–water partition coefficient (Wildman–Crippen LogP) is 2.91. The van der Waals surface area contributed by atoms with E-state index in [2.05, 4.69) is 18.7 Å². The third-order valence-corrected chi connectivity index (χ3v) is 7.08. The maximum absolute atomic E-state index is 12.2. The van der Waals surface area contributed by atoms with Crippen molar-refractivity contribution in [1.29, 1.82) is 0 Å². The zero-order valence-corrected chi connectivity index (χ0v) is 20.2. The highest BCUT2D eigenvalue weighted by molar-refractivity contribution is 7.86. The summed E-state index contributed by atoms with van der Waals surface area (Å²) in [5.41, 5.74) is 0. The van der Waals surface area contributed by atoms with Crippen LogP contribution >= 0.6 is 0 Å². The Labute approximate surface area is 178 Å². The first-order chi connectivity index (χ1) is 13.5. The molecule has 0 saturated carbocycles. The van der Waals surface area contributed by atoms with Crippen molar-refractivity contribution in [2.75, 3.05) is 38.5 Å². The summed E-state index contributed by atoms with van der Waals surface area (Å²) in [5, 5.41) is -1.08. The van der Waals surface area contributed by atoms with Crippen molar-refractivity contribution in [3.05, 3.63) is 0 Å². The quantitative estimate of drug-likeness (QED) is 0.301. The molecule has 0 fully saturated rings. The molecule has 0 aliphatic carbocycles. The van der Waals surface area contributed by atoms with Crippen LogP contribution in [0.4, 0.5) is 0 Å². The second-order valence-corrected chi connectivity index (χ2v) is 10.9. The van der Waals surface area contributed by atoms with Gasteiger partial charge >= 0.3 is 0 Å². The van der Waals surface area contributed by atoms with Crippen LogP contribution in [0.25, 0.3) is 0 Å². The highest BCUT2D eigenvalue weighted by atomic mass is 32.2. The van der Waals surface area contributed by atoms with Gasteiger partial charge in [0.25, 0.3) is 20.2 Å². The first-order valence-electron chi connectivity index (χ1n) is 10.9. The average molecular weight is 459 g/mol. The molecule has 2 N–H and O–H groups in total. The van der Waals surface area contributed by atoms with Gasteiger partial charge in [-0.25, -0.2) is 0 Å². The normalized spacial score (nSPS) is 15.2. The van der Waals surface area contributed by atoms with Crippen molar-refractivity contribution in [3.63, 3.8) is 0 Å². The lowest BCUT2D eigenvalue weighted by molar-refractivity contribution is 0.174. The van der Waals surface area contributed by atoms with Gasteiger partial charge < -0.3 is 4.90 Å². The number of rotatable bonds is 18. The summed E-state index contributed by atoms with van der Waals surface area (Å²) < 4.78 is 66.3. The fourth-order valence-corrected chi connectivity index (χ4v) is 5.62. The summed E-state index contributed by atoms with van der Waals surface area (Å²) in [6.07, 6.45) is 4.40. The third-order valence-electron chi connectivity index (χ3n) is 5.02. The Kier molecular flexibility index (Phi) is 14.6. The first-order valence-corrected chi connectivity index (χ1v) is 14.0. The van der Waals surface area contributed by atoms with Gasteiger partial charge in [-0.3, -0.25) is 14.0 Å². The number of hydrogen-bond donors (Lipinski definition) is 2. The largest absolute Gasteiger partial charge is 0.303 e. The monoisotopic (exact) mass is 458 g/mol. The predicted molar refractivity (Wildman–Crippen MR) is 119 cm³/mol. The van der Waals surface area contributed by atoms with Crippen molar-refractivity contribution in [3.8, 4) is 0 Å². The van der Waals surface area contributed by atoms with E-state index in [0.29, 0.717) is 19.5 Å². The highest BCUT2D eigenvalue weighted by Crippen LogP contribution is 2.22. The molecule has 176 valence electrons. The standard InChI is InChI=1S/C19H42N2O6S2/c1-5-12-20(13-6-2)16-9-10-19(29(25,26)27)18(11-17-28(22,23)24)21(14-7-3)15-8-4/h18-19H,5-17H2,1-4H3,(H,22,23,24)(H,25,26,27). The van der Waals surface area contributed by atoms with Crippen molar-refractivity contribution in [2.24, 2.45) is 0 Å². The molecule has 0 bridgehead atoms. The molecule has 0 aliphatic heterocycles. The summed E-state index contributed by atoms with van der Waals surface area (Å²) in [7, 11) is -8.59. The van der Waals surface area contributed by atoms with Gasteiger partial charge in [-0.05, 0) is 77.7 Å². The second-order valence-electron chi connectivity index (χ2n) is 7.72. The molecule has 0 aliphatic rings. The zero-order chi connectivity index (χ0) is 22.5. The van der Waals surface area contributed by atoms with Gasteiger partial charge in [0.1, 0.15) is 5.25 Å². The van der Waals surface area contributed by atoms with E-state index >= 15 is 0 Å². The lowest BCUT2D eigenvalue weighted by Gasteiger charge is -2.36. The Morgan fingerprint density at radius 1 is 0.724 bits per heavy atom. The van der Waals surface area contributed by atoms with E-state index in [1.54, 1.807) is 0 Å². The molecule has 0 aromatic rings. The van der Waals surface area contributed by atoms with Crippen LogP contribution in [0.5, 0.6) is 0 Å². The van der Waals surface area contributed by atoms with Gasteiger partial charge in [-0.1, -0.05) is 27.7 Å². The Morgan fingerprint density at radius 2 is 1.21 bits per heavy atom. The van der Waals surface area contributed by atoms with E-state index in [-0.39, 0.29) is 12.8 Å². The molecular formula is C19H42N2O6S2. The van der Waals surface area contributed by atoms with Crippen LogP contribution in [-0.4, -0.2) is 85.5 Å². The van der Waals surface area contributed by atoms with Crippen molar-refractivity contribution in [1.82, 2.24) is 9.80 Å². The van der Waals surface area contributed by atoms with Gasteiger partial charge in [0.2, 0.25) is 0 Å². The average Bonchev–Trinajstić information content (AvgIpc) is 2.59. The van der Waals surface area contributed by atoms with Crippen LogP contribution in [0, 0.1) is 0 Å². The second kappa shape index (κ2) is 14.7. The van der Waals surface area contributed by atoms with Crippen LogP contribution in [-0.2, 0) is 20.2 Å². The molecule has 0 rings (SSSR count). The summed E-state index contributed by atoms with van der Waals surface area (Å²) in [6, 6.07) is -0.655. The van der Waals surface area contributed by atoms with Crippen LogP contribution in [0.3, 0.4) is 0 Å². The molecule has 0 aromatic carbocycles. The fourth-order valence-electron chi connectivity index (χ4n) is 3.91. The third kappa shape index (κ3) is 12.9.